The number of amides is 2. The first-order valence-corrected chi connectivity index (χ1v) is 5.07. The summed E-state index contributed by atoms with van der Waals surface area (Å²) in [4.78, 5) is 23.9. The molecule has 1 aliphatic heterocycles. The van der Waals surface area contributed by atoms with Crippen LogP contribution >= 0.6 is 0 Å². The van der Waals surface area contributed by atoms with Gasteiger partial charge in [-0.1, -0.05) is 13.8 Å². The Bertz CT molecular complexity index is 250. The molecular formula is C11H17NO2. The van der Waals surface area contributed by atoms with Crippen molar-refractivity contribution in [3.8, 4) is 0 Å². The number of nitrogens with zero attached hydrogens (tertiary/aromatic N) is 1. The van der Waals surface area contributed by atoms with E-state index in [-0.39, 0.29) is 17.9 Å². The lowest BCUT2D eigenvalue weighted by Crippen LogP contribution is -2.38. The summed E-state index contributed by atoms with van der Waals surface area (Å²) >= 11 is 0. The van der Waals surface area contributed by atoms with Gasteiger partial charge in [-0.3, -0.25) is 14.5 Å². The number of carbonyl (C=O) groups excluding carboxylic acids is 2. The van der Waals surface area contributed by atoms with Crippen LogP contribution in [0.25, 0.3) is 0 Å². The van der Waals surface area contributed by atoms with Crippen LogP contribution in [0.3, 0.4) is 0 Å². The van der Waals surface area contributed by atoms with Crippen molar-refractivity contribution in [1.29, 1.82) is 0 Å². The molecular weight excluding hydrogens is 178 g/mol. The van der Waals surface area contributed by atoms with E-state index in [1.165, 1.54) is 17.1 Å². The molecule has 0 aromatic heterocycles. The summed E-state index contributed by atoms with van der Waals surface area (Å²) < 4.78 is 0. The molecule has 2 amide bonds. The van der Waals surface area contributed by atoms with Crippen molar-refractivity contribution in [3.63, 3.8) is 0 Å². The van der Waals surface area contributed by atoms with Crippen molar-refractivity contribution in [2.24, 2.45) is 5.92 Å². The Balaban J connectivity index is 2.48. The zero-order valence-electron chi connectivity index (χ0n) is 8.99. The van der Waals surface area contributed by atoms with Crippen LogP contribution in [0.2, 0.25) is 0 Å². The van der Waals surface area contributed by atoms with Gasteiger partial charge in [-0.05, 0) is 25.7 Å². The molecule has 0 aromatic carbocycles. The average Bonchev–Trinajstić information content (AvgIpc) is 2.42. The van der Waals surface area contributed by atoms with Gasteiger partial charge in [0.2, 0.25) is 0 Å². The molecule has 0 fully saturated rings. The highest BCUT2D eigenvalue weighted by atomic mass is 16.2. The van der Waals surface area contributed by atoms with Gasteiger partial charge in [0.1, 0.15) is 0 Å². The fourth-order valence-corrected chi connectivity index (χ4v) is 1.55. The molecule has 0 radical (unpaired) electrons. The molecule has 1 unspecified atom stereocenters. The number of hydrogen-bond donors (Lipinski definition) is 0. The van der Waals surface area contributed by atoms with Crippen LogP contribution in [0.1, 0.15) is 33.6 Å². The first kappa shape index (κ1) is 11.0. The lowest BCUT2D eigenvalue weighted by molar-refractivity contribution is -0.139. The molecule has 3 nitrogen and oxygen atoms in total. The Labute approximate surface area is 84.8 Å². The van der Waals surface area contributed by atoms with Crippen LogP contribution in [0, 0.1) is 5.92 Å². The van der Waals surface area contributed by atoms with Crippen molar-refractivity contribution in [3.05, 3.63) is 12.2 Å². The van der Waals surface area contributed by atoms with Crippen molar-refractivity contribution < 1.29 is 9.59 Å². The van der Waals surface area contributed by atoms with Crippen LogP contribution < -0.4 is 0 Å². The molecule has 0 saturated carbocycles. The van der Waals surface area contributed by atoms with E-state index in [0.29, 0.717) is 5.92 Å². The van der Waals surface area contributed by atoms with Gasteiger partial charge in [0.15, 0.2) is 0 Å². The zero-order valence-corrected chi connectivity index (χ0v) is 8.99. The summed E-state index contributed by atoms with van der Waals surface area (Å²) in [6.07, 6.45) is 4.61. The summed E-state index contributed by atoms with van der Waals surface area (Å²) in [5, 5.41) is 0. The molecule has 78 valence electrons. The summed E-state index contributed by atoms with van der Waals surface area (Å²) in [5.41, 5.74) is 0. The van der Waals surface area contributed by atoms with Gasteiger partial charge in [0, 0.05) is 18.2 Å². The molecule has 1 aliphatic rings. The van der Waals surface area contributed by atoms with Crippen molar-refractivity contribution in [1.82, 2.24) is 4.90 Å². The van der Waals surface area contributed by atoms with Crippen LogP contribution in [0.4, 0.5) is 0 Å². The van der Waals surface area contributed by atoms with Gasteiger partial charge in [-0.2, -0.15) is 0 Å². The normalized spacial score (nSPS) is 18.4. The average molecular weight is 195 g/mol. The molecule has 1 heterocycles. The van der Waals surface area contributed by atoms with Crippen LogP contribution in [-0.2, 0) is 9.59 Å². The van der Waals surface area contributed by atoms with Crippen molar-refractivity contribution in [2.45, 2.75) is 39.7 Å². The van der Waals surface area contributed by atoms with E-state index in [9.17, 15) is 9.59 Å². The Hall–Kier alpha value is -1.12. The highest BCUT2D eigenvalue weighted by Crippen LogP contribution is 2.15. The third kappa shape index (κ3) is 2.44. The molecule has 3 heteroatoms. The van der Waals surface area contributed by atoms with Crippen LogP contribution in [0.15, 0.2) is 12.2 Å². The van der Waals surface area contributed by atoms with Crippen molar-refractivity contribution in [2.75, 3.05) is 0 Å². The predicted octanol–water partition coefficient (Wildman–Crippen LogP) is 1.74. The Morgan fingerprint density at radius 2 is 1.57 bits per heavy atom. The third-order valence-electron chi connectivity index (χ3n) is 2.45. The van der Waals surface area contributed by atoms with Crippen LogP contribution in [0.5, 0.6) is 0 Å². The lowest BCUT2D eigenvalue weighted by atomic mass is 10.0. The Kier molecular flexibility index (Phi) is 3.44. The van der Waals surface area contributed by atoms with Gasteiger partial charge >= 0.3 is 0 Å². The quantitative estimate of drug-likeness (QED) is 0.641. The summed E-state index contributed by atoms with van der Waals surface area (Å²) in [5.74, 6) is 0.260. The van der Waals surface area contributed by atoms with E-state index in [2.05, 4.69) is 13.8 Å². The van der Waals surface area contributed by atoms with E-state index < -0.39 is 0 Å². The minimum Gasteiger partial charge on any atom is -0.273 e. The predicted molar refractivity (Wildman–Crippen MR) is 54.5 cm³/mol. The van der Waals surface area contributed by atoms with Crippen LogP contribution in [-0.4, -0.2) is 22.8 Å². The maximum absolute atomic E-state index is 11.3. The molecule has 0 saturated heterocycles. The standard InChI is InChI=1S/C11H17NO2/c1-8(2)4-5-9(3)12-10(13)6-7-11(12)14/h6-9H,4-5H2,1-3H3. The molecule has 1 rings (SSSR count). The molecule has 1 atom stereocenters. The molecule has 14 heavy (non-hydrogen) atoms. The van der Waals surface area contributed by atoms with Gasteiger partial charge in [0.25, 0.3) is 11.8 Å². The monoisotopic (exact) mass is 195 g/mol. The van der Waals surface area contributed by atoms with Gasteiger partial charge in [0.05, 0.1) is 0 Å². The number of rotatable bonds is 4. The first-order chi connectivity index (χ1) is 6.52. The van der Waals surface area contributed by atoms with E-state index in [1.807, 2.05) is 6.92 Å². The highest BCUT2D eigenvalue weighted by molar-refractivity contribution is 6.13. The highest BCUT2D eigenvalue weighted by Gasteiger charge is 2.27. The molecule has 0 aromatic rings. The number of carbonyl (C=O) groups is 2. The summed E-state index contributed by atoms with van der Waals surface area (Å²) in [7, 11) is 0. The number of imide groups is 1. The number of hydrogen-bond acceptors (Lipinski definition) is 2. The second kappa shape index (κ2) is 4.40. The molecule has 0 aliphatic carbocycles. The van der Waals surface area contributed by atoms with Gasteiger partial charge in [-0.25, -0.2) is 0 Å². The fraction of sp³-hybridized carbons (Fsp3) is 0.636. The smallest absolute Gasteiger partial charge is 0.253 e. The second-order valence-corrected chi connectivity index (χ2v) is 4.20. The topological polar surface area (TPSA) is 37.4 Å². The maximum Gasteiger partial charge on any atom is 0.253 e. The lowest BCUT2D eigenvalue weighted by Gasteiger charge is -2.22. The molecule has 0 spiro atoms. The third-order valence-corrected chi connectivity index (χ3v) is 2.45. The SMILES string of the molecule is CC(C)CCC(C)N1C(=O)C=CC1=O. The minimum absolute atomic E-state index is 0.0207. The Morgan fingerprint density at radius 3 is 2.00 bits per heavy atom. The van der Waals surface area contributed by atoms with E-state index in [4.69, 9.17) is 0 Å². The molecule has 0 bridgehead atoms. The fourth-order valence-electron chi connectivity index (χ4n) is 1.55. The summed E-state index contributed by atoms with van der Waals surface area (Å²) in [6, 6.07) is 0.0207. The van der Waals surface area contributed by atoms with E-state index in [0.717, 1.165) is 12.8 Å². The molecule has 0 N–H and O–H groups in total. The Morgan fingerprint density at radius 1 is 1.07 bits per heavy atom. The van der Waals surface area contributed by atoms with Gasteiger partial charge < -0.3 is 0 Å². The van der Waals surface area contributed by atoms with Crippen molar-refractivity contribution >= 4 is 11.8 Å². The first-order valence-electron chi connectivity index (χ1n) is 5.07. The summed E-state index contributed by atoms with van der Waals surface area (Å²) in [6.45, 7) is 6.20. The second-order valence-electron chi connectivity index (χ2n) is 4.20. The maximum atomic E-state index is 11.3. The largest absolute Gasteiger partial charge is 0.273 e. The minimum atomic E-state index is -0.175. The van der Waals surface area contributed by atoms with E-state index in [1.54, 1.807) is 0 Å². The van der Waals surface area contributed by atoms with Gasteiger partial charge in [-0.15, -0.1) is 0 Å². The zero-order chi connectivity index (χ0) is 10.7. The van der Waals surface area contributed by atoms with E-state index >= 15 is 0 Å².